The molecule has 0 radical (unpaired) electrons. The highest BCUT2D eigenvalue weighted by Crippen LogP contribution is 2.12. The minimum atomic E-state index is -0.446. The summed E-state index contributed by atoms with van der Waals surface area (Å²) >= 11 is 0. The van der Waals surface area contributed by atoms with Crippen LogP contribution in [0.1, 0.15) is 23.8 Å². The van der Waals surface area contributed by atoms with E-state index in [0.717, 1.165) is 0 Å². The maximum atomic E-state index is 12.8. The molecule has 10 heteroatoms. The average molecular weight is 405 g/mol. The molecule has 0 fully saturated rings. The summed E-state index contributed by atoms with van der Waals surface area (Å²) in [5, 5.41) is 17.8. The molecule has 4 rings (SSSR count). The number of carbonyl (C=O) groups excluding carboxylic acids is 1. The molecular weight excluding hydrogens is 386 g/mol. The first-order chi connectivity index (χ1) is 14.6. The molecule has 0 bridgehead atoms. The van der Waals surface area contributed by atoms with Gasteiger partial charge in [-0.05, 0) is 35.0 Å². The lowest BCUT2D eigenvalue weighted by molar-refractivity contribution is 0.0926. The summed E-state index contributed by atoms with van der Waals surface area (Å²) in [7, 11) is 0. The fourth-order valence-electron chi connectivity index (χ4n) is 3.15. The Morgan fingerprint density at radius 1 is 1.03 bits per heavy atom. The van der Waals surface area contributed by atoms with E-state index in [1.165, 1.54) is 9.36 Å². The summed E-state index contributed by atoms with van der Waals surface area (Å²) < 4.78 is 2.41. The molecule has 1 amide bonds. The molecule has 2 heterocycles. The number of aromatic nitrogens is 6. The van der Waals surface area contributed by atoms with E-state index in [1.54, 1.807) is 48.5 Å². The minimum absolute atomic E-state index is 0.115. The number of para-hydroxylation sites is 1. The second-order valence-electron chi connectivity index (χ2n) is 6.72. The van der Waals surface area contributed by atoms with Gasteiger partial charge in [-0.1, -0.05) is 43.3 Å². The molecule has 10 nitrogen and oxygen atoms in total. The van der Waals surface area contributed by atoms with Crippen LogP contribution in [0.25, 0.3) is 16.5 Å². The van der Waals surface area contributed by atoms with E-state index in [-0.39, 0.29) is 23.8 Å². The number of benzene rings is 2. The quantitative estimate of drug-likeness (QED) is 0.490. The van der Waals surface area contributed by atoms with Crippen LogP contribution in [0.5, 0.6) is 0 Å². The van der Waals surface area contributed by atoms with Crippen molar-refractivity contribution in [2.75, 3.05) is 0 Å². The molecule has 0 aliphatic heterocycles. The van der Waals surface area contributed by atoms with Gasteiger partial charge in [0, 0.05) is 11.4 Å². The topological polar surface area (TPSA) is 128 Å². The SMILES string of the molecule is CC[C@H](Cn1nnn(-c2ccccc2)c1=O)NC(=O)c1n[nH]c(=O)c2ccccc12. The van der Waals surface area contributed by atoms with Crippen LogP contribution in [0.2, 0.25) is 0 Å². The van der Waals surface area contributed by atoms with Gasteiger partial charge >= 0.3 is 5.69 Å². The van der Waals surface area contributed by atoms with Crippen molar-refractivity contribution in [1.29, 1.82) is 0 Å². The van der Waals surface area contributed by atoms with Crippen LogP contribution in [0.3, 0.4) is 0 Å². The molecule has 152 valence electrons. The monoisotopic (exact) mass is 405 g/mol. The van der Waals surface area contributed by atoms with Crippen LogP contribution in [0, 0.1) is 0 Å². The van der Waals surface area contributed by atoms with Crippen LogP contribution in [0.15, 0.2) is 64.2 Å². The van der Waals surface area contributed by atoms with Crippen molar-refractivity contribution in [3.05, 3.63) is 81.1 Å². The first-order valence-corrected chi connectivity index (χ1v) is 9.45. The molecule has 2 N–H and O–H groups in total. The molecule has 0 saturated carbocycles. The van der Waals surface area contributed by atoms with Crippen LogP contribution >= 0.6 is 0 Å². The Labute approximate surface area is 170 Å². The van der Waals surface area contributed by atoms with Crippen molar-refractivity contribution < 1.29 is 4.79 Å². The van der Waals surface area contributed by atoms with Gasteiger partial charge in [-0.3, -0.25) is 9.59 Å². The van der Waals surface area contributed by atoms with Gasteiger partial charge in [0.05, 0.1) is 17.6 Å². The number of aromatic amines is 1. The Bertz CT molecular complexity index is 1310. The van der Waals surface area contributed by atoms with E-state index >= 15 is 0 Å². The predicted molar refractivity (Wildman–Crippen MR) is 110 cm³/mol. The number of tetrazole rings is 1. The highest BCUT2D eigenvalue weighted by molar-refractivity contribution is 6.04. The van der Waals surface area contributed by atoms with Gasteiger partial charge in [-0.15, -0.1) is 0 Å². The van der Waals surface area contributed by atoms with E-state index in [4.69, 9.17) is 0 Å². The van der Waals surface area contributed by atoms with Crippen molar-refractivity contribution >= 4 is 16.7 Å². The van der Waals surface area contributed by atoms with E-state index in [1.807, 2.05) is 13.0 Å². The first-order valence-electron chi connectivity index (χ1n) is 9.45. The Morgan fingerprint density at radius 3 is 2.47 bits per heavy atom. The smallest absolute Gasteiger partial charge is 0.346 e. The lowest BCUT2D eigenvalue weighted by Gasteiger charge is -2.16. The van der Waals surface area contributed by atoms with Gasteiger partial charge in [0.2, 0.25) is 0 Å². The van der Waals surface area contributed by atoms with Gasteiger partial charge in [0.15, 0.2) is 5.69 Å². The summed E-state index contributed by atoms with van der Waals surface area (Å²) in [4.78, 5) is 37.4. The van der Waals surface area contributed by atoms with Gasteiger partial charge in [0.1, 0.15) is 0 Å². The Kier molecular flexibility index (Phi) is 5.21. The van der Waals surface area contributed by atoms with Gasteiger partial charge in [-0.2, -0.15) is 14.5 Å². The highest BCUT2D eigenvalue weighted by atomic mass is 16.2. The third-order valence-electron chi connectivity index (χ3n) is 4.77. The Balaban J connectivity index is 1.56. The van der Waals surface area contributed by atoms with Gasteiger partial charge < -0.3 is 5.32 Å². The third-order valence-corrected chi connectivity index (χ3v) is 4.77. The zero-order valence-electron chi connectivity index (χ0n) is 16.1. The number of H-pyrrole nitrogens is 1. The molecule has 0 aliphatic rings. The molecule has 2 aromatic carbocycles. The summed E-state index contributed by atoms with van der Waals surface area (Å²) in [5.74, 6) is -0.446. The maximum Gasteiger partial charge on any atom is 0.368 e. The van der Waals surface area contributed by atoms with Gasteiger partial charge in [-0.25, -0.2) is 9.89 Å². The highest BCUT2D eigenvalue weighted by Gasteiger charge is 2.19. The number of hydrogen-bond acceptors (Lipinski definition) is 6. The number of nitrogens with zero attached hydrogens (tertiary/aromatic N) is 5. The largest absolute Gasteiger partial charge is 0.368 e. The van der Waals surface area contributed by atoms with E-state index in [0.29, 0.717) is 22.9 Å². The molecule has 0 unspecified atom stereocenters. The number of fused-ring (bicyclic) bond motifs is 1. The number of rotatable bonds is 6. The van der Waals surface area contributed by atoms with E-state index in [2.05, 4.69) is 25.9 Å². The molecule has 0 aliphatic carbocycles. The Hall–Kier alpha value is -4.08. The second kappa shape index (κ2) is 8.11. The normalized spacial score (nSPS) is 12.0. The first kappa shape index (κ1) is 19.2. The van der Waals surface area contributed by atoms with Crippen molar-refractivity contribution in [2.45, 2.75) is 25.9 Å². The summed E-state index contributed by atoms with van der Waals surface area (Å²) in [6.45, 7) is 2.03. The predicted octanol–water partition coefficient (Wildman–Crippen LogP) is 0.874. The number of carbonyl (C=O) groups is 1. The lowest BCUT2D eigenvalue weighted by Crippen LogP contribution is -2.41. The number of hydrogen-bond donors (Lipinski definition) is 2. The van der Waals surface area contributed by atoms with Crippen LogP contribution in [0.4, 0.5) is 0 Å². The molecule has 0 spiro atoms. The van der Waals surface area contributed by atoms with Crippen LogP contribution < -0.4 is 16.6 Å². The third kappa shape index (κ3) is 3.62. The van der Waals surface area contributed by atoms with Crippen molar-refractivity contribution in [1.82, 2.24) is 35.3 Å². The molecule has 4 aromatic rings. The van der Waals surface area contributed by atoms with Gasteiger partial charge in [0.25, 0.3) is 11.5 Å². The summed E-state index contributed by atoms with van der Waals surface area (Å²) in [6, 6.07) is 15.3. The van der Waals surface area contributed by atoms with Crippen molar-refractivity contribution in [3.8, 4) is 5.69 Å². The molecule has 1 atom stereocenters. The standard InChI is InChI=1S/C20H19N7O3/c1-2-13(12-26-20(30)27(25-24-26)14-8-4-3-5-9-14)21-19(29)17-15-10-6-7-11-16(15)18(28)23-22-17/h3-11,13H,2,12H2,1H3,(H,21,29)(H,23,28)/t13-/m1/s1. The van der Waals surface area contributed by atoms with E-state index in [9.17, 15) is 14.4 Å². The summed E-state index contributed by atoms with van der Waals surface area (Å²) in [6.07, 6.45) is 0.553. The number of amides is 1. The maximum absolute atomic E-state index is 12.8. The summed E-state index contributed by atoms with van der Waals surface area (Å²) in [5.41, 5.74) is -0.0431. The second-order valence-corrected chi connectivity index (χ2v) is 6.72. The molecular formula is C20H19N7O3. The number of nitrogens with one attached hydrogen (secondary N) is 2. The fraction of sp³-hybridized carbons (Fsp3) is 0.200. The van der Waals surface area contributed by atoms with Crippen molar-refractivity contribution in [3.63, 3.8) is 0 Å². The zero-order valence-corrected chi connectivity index (χ0v) is 16.1. The lowest BCUT2D eigenvalue weighted by atomic mass is 10.1. The Morgan fingerprint density at radius 2 is 1.73 bits per heavy atom. The van der Waals surface area contributed by atoms with Crippen molar-refractivity contribution in [2.24, 2.45) is 0 Å². The average Bonchev–Trinajstić information content (AvgIpc) is 3.14. The molecule has 30 heavy (non-hydrogen) atoms. The minimum Gasteiger partial charge on any atom is -0.346 e. The molecule has 2 aromatic heterocycles. The van der Waals surface area contributed by atoms with E-state index < -0.39 is 11.6 Å². The molecule has 0 saturated heterocycles. The zero-order chi connectivity index (χ0) is 21.1. The van der Waals surface area contributed by atoms with Crippen LogP contribution in [-0.2, 0) is 6.54 Å². The fourth-order valence-corrected chi connectivity index (χ4v) is 3.15. The van der Waals surface area contributed by atoms with Crippen LogP contribution in [-0.4, -0.2) is 41.9 Å².